The molecule has 1 amide bonds. The molecule has 1 atom stereocenters. The van der Waals surface area contributed by atoms with Crippen molar-refractivity contribution in [3.8, 4) is 0 Å². The van der Waals surface area contributed by atoms with Gasteiger partial charge in [0.1, 0.15) is 0 Å². The Morgan fingerprint density at radius 2 is 1.50 bits per heavy atom. The predicted octanol–water partition coefficient (Wildman–Crippen LogP) is 4.30. The standard InChI is InChI=1S/C20H25NO/c1-3-17(2)20(22)21(16-19-12-8-5-9-13-19)15-14-18-10-6-4-7-11-18/h4-13,17H,3,14-16H2,1-2H3. The monoisotopic (exact) mass is 295 g/mol. The first-order valence-corrected chi connectivity index (χ1v) is 8.07. The van der Waals surface area contributed by atoms with Crippen LogP contribution in [0, 0.1) is 5.92 Å². The number of carbonyl (C=O) groups is 1. The summed E-state index contributed by atoms with van der Waals surface area (Å²) < 4.78 is 0. The van der Waals surface area contributed by atoms with E-state index in [0.29, 0.717) is 6.54 Å². The fourth-order valence-electron chi connectivity index (χ4n) is 2.47. The molecule has 1 unspecified atom stereocenters. The molecule has 0 N–H and O–H groups in total. The molecule has 0 spiro atoms. The average Bonchev–Trinajstić information content (AvgIpc) is 2.59. The minimum absolute atomic E-state index is 0.0829. The van der Waals surface area contributed by atoms with E-state index in [2.05, 4.69) is 31.2 Å². The van der Waals surface area contributed by atoms with Crippen LogP contribution in [0.25, 0.3) is 0 Å². The Labute approximate surface area is 133 Å². The molecule has 0 aliphatic rings. The molecule has 22 heavy (non-hydrogen) atoms. The van der Waals surface area contributed by atoms with Crippen LogP contribution in [0.5, 0.6) is 0 Å². The van der Waals surface area contributed by atoms with Gasteiger partial charge in [-0.2, -0.15) is 0 Å². The van der Waals surface area contributed by atoms with Crippen LogP contribution in [0.3, 0.4) is 0 Å². The van der Waals surface area contributed by atoms with E-state index in [1.807, 2.05) is 48.2 Å². The van der Waals surface area contributed by atoms with Crippen molar-refractivity contribution in [1.82, 2.24) is 4.90 Å². The van der Waals surface area contributed by atoms with Gasteiger partial charge in [0.25, 0.3) is 0 Å². The molecule has 2 heteroatoms. The maximum Gasteiger partial charge on any atom is 0.225 e. The first-order chi connectivity index (χ1) is 10.7. The molecule has 0 fully saturated rings. The average molecular weight is 295 g/mol. The number of hydrogen-bond donors (Lipinski definition) is 0. The maximum absolute atomic E-state index is 12.6. The summed E-state index contributed by atoms with van der Waals surface area (Å²) in [7, 11) is 0. The van der Waals surface area contributed by atoms with Crippen molar-refractivity contribution < 1.29 is 4.79 Å². The van der Waals surface area contributed by atoms with Crippen LogP contribution in [-0.2, 0) is 17.8 Å². The van der Waals surface area contributed by atoms with Crippen LogP contribution in [0.15, 0.2) is 60.7 Å². The van der Waals surface area contributed by atoms with Gasteiger partial charge >= 0.3 is 0 Å². The molecule has 2 nitrogen and oxygen atoms in total. The van der Waals surface area contributed by atoms with Crippen molar-refractivity contribution in [1.29, 1.82) is 0 Å². The number of benzene rings is 2. The SMILES string of the molecule is CCC(C)C(=O)N(CCc1ccccc1)Cc1ccccc1. The van der Waals surface area contributed by atoms with Gasteiger partial charge in [0.2, 0.25) is 5.91 Å². The van der Waals surface area contributed by atoms with E-state index in [9.17, 15) is 4.79 Å². The third-order valence-electron chi connectivity index (χ3n) is 4.08. The van der Waals surface area contributed by atoms with Gasteiger partial charge in [-0.1, -0.05) is 74.5 Å². The second-order valence-electron chi connectivity index (χ2n) is 5.79. The summed E-state index contributed by atoms with van der Waals surface area (Å²) in [6, 6.07) is 20.6. The Bertz CT molecular complexity index is 565. The van der Waals surface area contributed by atoms with Crippen molar-refractivity contribution in [2.75, 3.05) is 6.54 Å². The summed E-state index contributed by atoms with van der Waals surface area (Å²) in [5, 5.41) is 0. The Kier molecular flexibility index (Phi) is 6.20. The predicted molar refractivity (Wildman–Crippen MR) is 91.5 cm³/mol. The first-order valence-electron chi connectivity index (χ1n) is 8.07. The molecule has 0 radical (unpaired) electrons. The summed E-state index contributed by atoms with van der Waals surface area (Å²) in [4.78, 5) is 14.6. The van der Waals surface area contributed by atoms with Crippen molar-refractivity contribution in [2.24, 2.45) is 5.92 Å². The van der Waals surface area contributed by atoms with Crippen molar-refractivity contribution in [3.63, 3.8) is 0 Å². The normalized spacial score (nSPS) is 11.9. The van der Waals surface area contributed by atoms with E-state index in [1.165, 1.54) is 11.1 Å². The summed E-state index contributed by atoms with van der Waals surface area (Å²) >= 11 is 0. The molecule has 116 valence electrons. The van der Waals surface area contributed by atoms with E-state index in [1.54, 1.807) is 0 Å². The first kappa shape index (κ1) is 16.3. The van der Waals surface area contributed by atoms with Crippen LogP contribution in [0.4, 0.5) is 0 Å². The van der Waals surface area contributed by atoms with Crippen molar-refractivity contribution in [3.05, 3.63) is 71.8 Å². The van der Waals surface area contributed by atoms with Gasteiger partial charge in [-0.25, -0.2) is 0 Å². The highest BCUT2D eigenvalue weighted by Gasteiger charge is 2.19. The minimum atomic E-state index is 0.0829. The molecular weight excluding hydrogens is 270 g/mol. The molecule has 0 aliphatic heterocycles. The molecule has 0 heterocycles. The summed E-state index contributed by atoms with van der Waals surface area (Å²) in [5.74, 6) is 0.335. The Balaban J connectivity index is 2.05. The van der Waals surface area contributed by atoms with Crippen LogP contribution >= 0.6 is 0 Å². The summed E-state index contributed by atoms with van der Waals surface area (Å²) in [6.45, 7) is 5.54. The summed E-state index contributed by atoms with van der Waals surface area (Å²) in [5.41, 5.74) is 2.46. The summed E-state index contributed by atoms with van der Waals surface area (Å²) in [6.07, 6.45) is 1.78. The molecule has 0 saturated carbocycles. The fraction of sp³-hybridized carbons (Fsp3) is 0.350. The number of amides is 1. The van der Waals surface area contributed by atoms with Gasteiger partial charge in [0.15, 0.2) is 0 Å². The number of nitrogens with zero attached hydrogens (tertiary/aromatic N) is 1. The van der Waals surface area contributed by atoms with Gasteiger partial charge in [-0.05, 0) is 24.0 Å². The second kappa shape index (κ2) is 8.38. The highest BCUT2D eigenvalue weighted by atomic mass is 16.2. The Hall–Kier alpha value is -2.09. The van der Waals surface area contributed by atoms with Gasteiger partial charge < -0.3 is 4.90 Å². The van der Waals surface area contributed by atoms with Gasteiger partial charge in [0.05, 0.1) is 0 Å². The van der Waals surface area contributed by atoms with Gasteiger partial charge in [0, 0.05) is 19.0 Å². The molecule has 2 aromatic carbocycles. The smallest absolute Gasteiger partial charge is 0.225 e. The topological polar surface area (TPSA) is 20.3 Å². The van der Waals surface area contributed by atoms with E-state index < -0.39 is 0 Å². The largest absolute Gasteiger partial charge is 0.338 e. The highest BCUT2D eigenvalue weighted by Crippen LogP contribution is 2.13. The zero-order valence-corrected chi connectivity index (χ0v) is 13.5. The lowest BCUT2D eigenvalue weighted by atomic mass is 10.1. The van der Waals surface area contributed by atoms with Crippen LogP contribution in [0.1, 0.15) is 31.4 Å². The third-order valence-corrected chi connectivity index (χ3v) is 4.08. The van der Waals surface area contributed by atoms with E-state index >= 15 is 0 Å². The van der Waals surface area contributed by atoms with Crippen molar-refractivity contribution >= 4 is 5.91 Å². The zero-order valence-electron chi connectivity index (χ0n) is 13.5. The molecule has 0 aromatic heterocycles. The molecular formula is C20H25NO. The van der Waals surface area contributed by atoms with Crippen LogP contribution in [-0.4, -0.2) is 17.4 Å². The molecule has 0 saturated heterocycles. The number of rotatable bonds is 7. The number of carbonyl (C=O) groups excluding carboxylic acids is 1. The fourth-order valence-corrected chi connectivity index (χ4v) is 2.47. The Morgan fingerprint density at radius 1 is 0.955 bits per heavy atom. The Morgan fingerprint density at radius 3 is 2.05 bits per heavy atom. The molecule has 2 rings (SSSR count). The highest BCUT2D eigenvalue weighted by molar-refractivity contribution is 5.78. The van der Waals surface area contributed by atoms with Crippen LogP contribution in [0.2, 0.25) is 0 Å². The van der Waals surface area contributed by atoms with Crippen LogP contribution < -0.4 is 0 Å². The van der Waals surface area contributed by atoms with E-state index in [-0.39, 0.29) is 11.8 Å². The van der Waals surface area contributed by atoms with Crippen molar-refractivity contribution in [2.45, 2.75) is 33.2 Å². The second-order valence-corrected chi connectivity index (χ2v) is 5.79. The van der Waals surface area contributed by atoms with Gasteiger partial charge in [-0.15, -0.1) is 0 Å². The van der Waals surface area contributed by atoms with E-state index in [4.69, 9.17) is 0 Å². The zero-order chi connectivity index (χ0) is 15.8. The lowest BCUT2D eigenvalue weighted by Crippen LogP contribution is -2.36. The quantitative estimate of drug-likeness (QED) is 0.745. The van der Waals surface area contributed by atoms with Gasteiger partial charge in [-0.3, -0.25) is 4.79 Å². The lowest BCUT2D eigenvalue weighted by Gasteiger charge is -2.26. The molecule has 0 bridgehead atoms. The number of hydrogen-bond acceptors (Lipinski definition) is 1. The third kappa shape index (κ3) is 4.73. The lowest BCUT2D eigenvalue weighted by molar-refractivity contribution is -0.135. The minimum Gasteiger partial charge on any atom is -0.338 e. The maximum atomic E-state index is 12.6. The molecule has 2 aromatic rings. The molecule has 0 aliphatic carbocycles. The van der Waals surface area contributed by atoms with E-state index in [0.717, 1.165) is 19.4 Å².